The summed E-state index contributed by atoms with van der Waals surface area (Å²) in [6.07, 6.45) is 2.38. The van der Waals surface area contributed by atoms with Gasteiger partial charge in [0.15, 0.2) is 0 Å². The molecule has 1 N–H and O–H groups in total. The van der Waals surface area contributed by atoms with Gasteiger partial charge in [0.2, 0.25) is 0 Å². The Morgan fingerprint density at radius 2 is 1.91 bits per heavy atom. The van der Waals surface area contributed by atoms with E-state index in [1.54, 1.807) is 0 Å². The maximum absolute atomic E-state index is 6.24. The molecule has 0 aromatic heterocycles. The maximum atomic E-state index is 6.24. The zero-order valence-electron chi connectivity index (χ0n) is 14.6. The van der Waals surface area contributed by atoms with Crippen molar-refractivity contribution in [2.75, 3.05) is 44.4 Å². The summed E-state index contributed by atoms with van der Waals surface area (Å²) >= 11 is 2.10. The topological polar surface area (TPSA) is 33.7 Å². The van der Waals surface area contributed by atoms with Crippen LogP contribution in [0.25, 0.3) is 0 Å². The highest BCUT2D eigenvalue weighted by Crippen LogP contribution is 2.39. The second-order valence-corrected chi connectivity index (χ2v) is 9.33. The van der Waals surface area contributed by atoms with E-state index in [-0.39, 0.29) is 11.2 Å². The van der Waals surface area contributed by atoms with Crippen molar-refractivity contribution in [1.82, 2.24) is 10.2 Å². The molecule has 3 fully saturated rings. The van der Waals surface area contributed by atoms with Crippen molar-refractivity contribution < 1.29 is 9.47 Å². The van der Waals surface area contributed by atoms with Crippen LogP contribution in [0.15, 0.2) is 0 Å². The lowest BCUT2D eigenvalue weighted by atomic mass is 9.91. The number of nitrogens with one attached hydrogen (secondary N) is 1. The normalized spacial score (nSPS) is 38.5. The molecule has 3 rings (SSSR count). The average Bonchev–Trinajstić information content (AvgIpc) is 3.00. The third kappa shape index (κ3) is 3.48. The molecule has 3 heterocycles. The summed E-state index contributed by atoms with van der Waals surface area (Å²) in [4.78, 5) is 2.68. The van der Waals surface area contributed by atoms with Crippen LogP contribution in [0.2, 0.25) is 0 Å². The van der Waals surface area contributed by atoms with Gasteiger partial charge in [-0.05, 0) is 46.3 Å². The lowest BCUT2D eigenvalue weighted by Crippen LogP contribution is -2.60. The maximum Gasteiger partial charge on any atom is 0.0787 e. The Kier molecular flexibility index (Phi) is 4.83. The molecular formula is C17H32N2O2S. The van der Waals surface area contributed by atoms with E-state index in [9.17, 15) is 0 Å². The zero-order valence-corrected chi connectivity index (χ0v) is 15.4. The molecule has 0 aromatic carbocycles. The van der Waals surface area contributed by atoms with Crippen LogP contribution in [0.3, 0.4) is 0 Å². The Balaban J connectivity index is 1.65. The SMILES string of the molecule is CC1(C)CC(NCC2(N3CCOCC3)CCSC2)C(C)(C)O1. The molecule has 5 heteroatoms. The van der Waals surface area contributed by atoms with Gasteiger partial charge < -0.3 is 14.8 Å². The minimum atomic E-state index is -0.0819. The van der Waals surface area contributed by atoms with E-state index in [0.717, 1.165) is 39.3 Å². The van der Waals surface area contributed by atoms with Crippen LogP contribution in [0.4, 0.5) is 0 Å². The first kappa shape index (κ1) is 17.0. The molecule has 4 nitrogen and oxygen atoms in total. The molecule has 0 amide bonds. The first-order chi connectivity index (χ1) is 10.3. The second-order valence-electron chi connectivity index (χ2n) is 8.23. The summed E-state index contributed by atoms with van der Waals surface area (Å²) in [6, 6.07) is 0.436. The van der Waals surface area contributed by atoms with Crippen molar-refractivity contribution in [1.29, 1.82) is 0 Å². The first-order valence-corrected chi connectivity index (χ1v) is 9.83. The van der Waals surface area contributed by atoms with Crippen molar-refractivity contribution in [3.05, 3.63) is 0 Å². The van der Waals surface area contributed by atoms with E-state index in [2.05, 4.69) is 49.7 Å². The zero-order chi connectivity index (χ0) is 15.8. The van der Waals surface area contributed by atoms with Crippen molar-refractivity contribution in [2.45, 2.75) is 63.3 Å². The van der Waals surface area contributed by atoms with Crippen LogP contribution >= 0.6 is 11.8 Å². The number of hydrogen-bond donors (Lipinski definition) is 1. The molecule has 0 aromatic rings. The van der Waals surface area contributed by atoms with Crippen LogP contribution in [0.5, 0.6) is 0 Å². The van der Waals surface area contributed by atoms with E-state index < -0.39 is 0 Å². The molecule has 0 radical (unpaired) electrons. The Morgan fingerprint density at radius 3 is 2.45 bits per heavy atom. The number of ether oxygens (including phenoxy) is 2. The molecule has 3 saturated heterocycles. The fourth-order valence-corrected chi connectivity index (χ4v) is 5.81. The van der Waals surface area contributed by atoms with Gasteiger partial charge in [-0.1, -0.05) is 0 Å². The van der Waals surface area contributed by atoms with E-state index >= 15 is 0 Å². The van der Waals surface area contributed by atoms with Crippen LogP contribution in [0, 0.1) is 0 Å². The van der Waals surface area contributed by atoms with Crippen LogP contribution in [-0.4, -0.2) is 72.0 Å². The molecule has 22 heavy (non-hydrogen) atoms. The van der Waals surface area contributed by atoms with Gasteiger partial charge in [-0.15, -0.1) is 0 Å². The third-order valence-electron chi connectivity index (χ3n) is 5.52. The molecule has 2 atom stereocenters. The van der Waals surface area contributed by atoms with Crippen molar-refractivity contribution >= 4 is 11.8 Å². The molecule has 3 aliphatic rings. The van der Waals surface area contributed by atoms with Gasteiger partial charge in [-0.3, -0.25) is 4.90 Å². The molecule has 0 saturated carbocycles. The lowest BCUT2D eigenvalue weighted by molar-refractivity contribution is -0.0711. The van der Waals surface area contributed by atoms with Crippen molar-refractivity contribution in [3.8, 4) is 0 Å². The first-order valence-electron chi connectivity index (χ1n) is 8.67. The van der Waals surface area contributed by atoms with E-state index in [1.807, 2.05) is 0 Å². The largest absolute Gasteiger partial charge is 0.379 e. The average molecular weight is 329 g/mol. The Bertz CT molecular complexity index is 388. The monoisotopic (exact) mass is 328 g/mol. The number of morpholine rings is 1. The van der Waals surface area contributed by atoms with Crippen molar-refractivity contribution in [2.24, 2.45) is 0 Å². The quantitative estimate of drug-likeness (QED) is 0.855. The summed E-state index contributed by atoms with van der Waals surface area (Å²) < 4.78 is 11.8. The van der Waals surface area contributed by atoms with Gasteiger partial charge in [0.25, 0.3) is 0 Å². The minimum Gasteiger partial charge on any atom is -0.379 e. The van der Waals surface area contributed by atoms with Gasteiger partial charge in [0, 0.05) is 37.0 Å². The van der Waals surface area contributed by atoms with E-state index in [4.69, 9.17) is 9.47 Å². The summed E-state index contributed by atoms with van der Waals surface area (Å²) in [7, 11) is 0. The fourth-order valence-electron chi connectivity index (χ4n) is 4.33. The standard InChI is InChI=1S/C17H32N2O2S/c1-15(2)11-14(16(3,4)21-15)18-12-17(5-10-22-13-17)19-6-8-20-9-7-19/h14,18H,5-13H2,1-4H3. The molecular weight excluding hydrogens is 296 g/mol. The Hall–Kier alpha value is 0.190. The molecule has 3 aliphatic heterocycles. The fraction of sp³-hybridized carbons (Fsp3) is 1.00. The Labute approximate surface area is 139 Å². The predicted molar refractivity (Wildman–Crippen MR) is 92.7 cm³/mol. The lowest BCUT2D eigenvalue weighted by Gasteiger charge is -2.44. The van der Waals surface area contributed by atoms with E-state index in [0.29, 0.717) is 11.6 Å². The van der Waals surface area contributed by atoms with Crippen LogP contribution < -0.4 is 5.32 Å². The number of rotatable bonds is 4. The highest BCUT2D eigenvalue weighted by Gasteiger charge is 2.47. The van der Waals surface area contributed by atoms with Gasteiger partial charge in [-0.25, -0.2) is 0 Å². The summed E-state index contributed by atoms with van der Waals surface area (Å²) in [5, 5.41) is 3.89. The summed E-state index contributed by atoms with van der Waals surface area (Å²) in [5.41, 5.74) is 0.219. The Morgan fingerprint density at radius 1 is 1.18 bits per heavy atom. The predicted octanol–water partition coefficient (Wildman–Crippen LogP) is 2.13. The second kappa shape index (κ2) is 6.25. The molecule has 0 aliphatic carbocycles. The van der Waals surface area contributed by atoms with Crippen LogP contribution in [-0.2, 0) is 9.47 Å². The highest BCUT2D eigenvalue weighted by atomic mass is 32.2. The van der Waals surface area contributed by atoms with Gasteiger partial charge in [0.1, 0.15) is 0 Å². The van der Waals surface area contributed by atoms with Crippen LogP contribution in [0.1, 0.15) is 40.5 Å². The van der Waals surface area contributed by atoms with Gasteiger partial charge >= 0.3 is 0 Å². The smallest absolute Gasteiger partial charge is 0.0787 e. The minimum absolute atomic E-state index is 0.0162. The molecule has 2 unspecified atom stereocenters. The number of hydrogen-bond acceptors (Lipinski definition) is 5. The molecule has 0 spiro atoms. The van der Waals surface area contributed by atoms with Crippen molar-refractivity contribution in [3.63, 3.8) is 0 Å². The highest BCUT2D eigenvalue weighted by molar-refractivity contribution is 7.99. The van der Waals surface area contributed by atoms with Gasteiger partial charge in [0.05, 0.1) is 24.4 Å². The van der Waals surface area contributed by atoms with Gasteiger partial charge in [-0.2, -0.15) is 11.8 Å². The molecule has 0 bridgehead atoms. The molecule has 128 valence electrons. The summed E-state index contributed by atoms with van der Waals surface area (Å²) in [5.74, 6) is 2.53. The van der Waals surface area contributed by atoms with E-state index in [1.165, 1.54) is 17.9 Å². The summed E-state index contributed by atoms with van der Waals surface area (Å²) in [6.45, 7) is 13.9. The third-order valence-corrected chi connectivity index (χ3v) is 6.75. The number of nitrogens with zero attached hydrogens (tertiary/aromatic N) is 1. The number of thioether (sulfide) groups is 1.